The number of para-hydroxylation sites is 1. The predicted octanol–water partition coefficient (Wildman–Crippen LogP) is 3.46. The minimum Gasteiger partial charge on any atom is -0.478 e. The van der Waals surface area contributed by atoms with E-state index in [1.807, 2.05) is 0 Å². The summed E-state index contributed by atoms with van der Waals surface area (Å²) in [4.78, 5) is 14.6. The molecule has 0 bridgehead atoms. The van der Waals surface area contributed by atoms with E-state index >= 15 is 0 Å². The maximum absolute atomic E-state index is 13.9. The second-order valence-corrected chi connectivity index (χ2v) is 9.44. The summed E-state index contributed by atoms with van der Waals surface area (Å²) in [7, 11) is -3.20. The van der Waals surface area contributed by atoms with Crippen molar-refractivity contribution in [2.24, 2.45) is 0 Å². The third-order valence-electron chi connectivity index (χ3n) is 4.72. The van der Waals surface area contributed by atoms with E-state index in [1.54, 1.807) is 30.3 Å². The minimum atomic E-state index is -3.20. The van der Waals surface area contributed by atoms with Crippen LogP contribution in [0.3, 0.4) is 0 Å². The van der Waals surface area contributed by atoms with Crippen LogP contribution in [0.5, 0.6) is 5.75 Å². The van der Waals surface area contributed by atoms with Crippen molar-refractivity contribution in [3.63, 3.8) is 0 Å². The first-order chi connectivity index (χ1) is 13.3. The third-order valence-corrected chi connectivity index (χ3v) is 6.84. The standard InChI is InChI=1S/C20H21ClFNO4S/c1-14(27-19-9-5-4-8-18(19)22)20(24)23(16-10-11-28(25,26)13-16)12-15-6-2-3-7-17(15)21/h2-9,14,16H,10-13H2,1H3/t14-,16+/m1/s1. The zero-order valence-corrected chi connectivity index (χ0v) is 16.9. The molecule has 1 amide bonds. The largest absolute Gasteiger partial charge is 0.478 e. The zero-order chi connectivity index (χ0) is 20.3. The van der Waals surface area contributed by atoms with Crippen LogP contribution >= 0.6 is 11.6 Å². The molecule has 0 spiro atoms. The maximum atomic E-state index is 13.9. The minimum absolute atomic E-state index is 0.0277. The second-order valence-electron chi connectivity index (χ2n) is 6.80. The molecule has 0 radical (unpaired) electrons. The van der Waals surface area contributed by atoms with E-state index in [-0.39, 0.29) is 23.8 Å². The van der Waals surface area contributed by atoms with Crippen LogP contribution in [-0.4, -0.2) is 42.9 Å². The van der Waals surface area contributed by atoms with E-state index in [0.29, 0.717) is 17.0 Å². The van der Waals surface area contributed by atoms with Crippen molar-refractivity contribution in [3.05, 3.63) is 64.9 Å². The van der Waals surface area contributed by atoms with Crippen molar-refractivity contribution in [2.45, 2.75) is 32.0 Å². The van der Waals surface area contributed by atoms with Crippen LogP contribution in [0.15, 0.2) is 48.5 Å². The molecule has 0 N–H and O–H groups in total. The van der Waals surface area contributed by atoms with Gasteiger partial charge in [0.25, 0.3) is 5.91 Å². The highest BCUT2D eigenvalue weighted by atomic mass is 35.5. The van der Waals surface area contributed by atoms with Crippen molar-refractivity contribution in [3.8, 4) is 5.75 Å². The van der Waals surface area contributed by atoms with Gasteiger partial charge < -0.3 is 9.64 Å². The van der Waals surface area contributed by atoms with E-state index in [4.69, 9.17) is 16.3 Å². The van der Waals surface area contributed by atoms with Gasteiger partial charge in [0, 0.05) is 17.6 Å². The van der Waals surface area contributed by atoms with Crippen LogP contribution in [-0.2, 0) is 21.2 Å². The van der Waals surface area contributed by atoms with Crippen LogP contribution in [0.2, 0.25) is 5.02 Å². The Morgan fingerprint density at radius 2 is 1.93 bits per heavy atom. The molecule has 2 atom stereocenters. The number of nitrogens with zero attached hydrogens (tertiary/aromatic N) is 1. The van der Waals surface area contributed by atoms with Crippen LogP contribution in [0.4, 0.5) is 4.39 Å². The highest BCUT2D eigenvalue weighted by Crippen LogP contribution is 2.25. The van der Waals surface area contributed by atoms with E-state index in [2.05, 4.69) is 0 Å². The molecule has 1 saturated heterocycles. The van der Waals surface area contributed by atoms with Crippen molar-refractivity contribution in [1.82, 2.24) is 4.90 Å². The van der Waals surface area contributed by atoms with Crippen LogP contribution in [0, 0.1) is 5.82 Å². The van der Waals surface area contributed by atoms with Crippen molar-refractivity contribution in [1.29, 1.82) is 0 Å². The summed E-state index contributed by atoms with van der Waals surface area (Å²) in [5.41, 5.74) is 0.708. The first kappa shape index (κ1) is 20.6. The Morgan fingerprint density at radius 1 is 1.25 bits per heavy atom. The molecular weight excluding hydrogens is 405 g/mol. The number of benzene rings is 2. The van der Waals surface area contributed by atoms with E-state index in [0.717, 1.165) is 0 Å². The summed E-state index contributed by atoms with van der Waals surface area (Å²) >= 11 is 6.23. The Balaban J connectivity index is 1.84. The van der Waals surface area contributed by atoms with Crippen molar-refractivity contribution in [2.75, 3.05) is 11.5 Å². The third kappa shape index (κ3) is 4.83. The summed E-state index contributed by atoms with van der Waals surface area (Å²) in [6.45, 7) is 1.68. The Labute approximate surface area is 169 Å². The van der Waals surface area contributed by atoms with Crippen molar-refractivity contribution >= 4 is 27.3 Å². The molecular formula is C20H21ClFNO4S. The number of carbonyl (C=O) groups excluding carboxylic acids is 1. The molecule has 28 heavy (non-hydrogen) atoms. The summed E-state index contributed by atoms with van der Waals surface area (Å²) in [5.74, 6) is -1.07. The molecule has 8 heteroatoms. The normalized spacial score (nSPS) is 19.2. The van der Waals surface area contributed by atoms with E-state index < -0.39 is 33.7 Å². The highest BCUT2D eigenvalue weighted by molar-refractivity contribution is 7.91. The van der Waals surface area contributed by atoms with Gasteiger partial charge in [0.05, 0.1) is 11.5 Å². The van der Waals surface area contributed by atoms with Gasteiger partial charge >= 0.3 is 0 Å². The van der Waals surface area contributed by atoms with Gasteiger partial charge in [0.1, 0.15) is 0 Å². The molecule has 0 saturated carbocycles. The van der Waals surface area contributed by atoms with Crippen LogP contribution in [0.1, 0.15) is 18.9 Å². The fraction of sp³-hybridized carbons (Fsp3) is 0.350. The molecule has 2 aromatic rings. The van der Waals surface area contributed by atoms with Crippen molar-refractivity contribution < 1.29 is 22.3 Å². The average Bonchev–Trinajstić information content (AvgIpc) is 3.02. The summed E-state index contributed by atoms with van der Waals surface area (Å²) < 4.78 is 43.3. The Kier molecular flexibility index (Phi) is 6.25. The van der Waals surface area contributed by atoms with E-state index in [1.165, 1.54) is 30.0 Å². The second kappa shape index (κ2) is 8.49. The van der Waals surface area contributed by atoms with Crippen LogP contribution < -0.4 is 4.74 Å². The maximum Gasteiger partial charge on any atom is 0.263 e. The Bertz CT molecular complexity index is 966. The Hall–Kier alpha value is -2.12. The molecule has 1 aliphatic heterocycles. The van der Waals surface area contributed by atoms with Gasteiger partial charge in [-0.05, 0) is 37.1 Å². The Morgan fingerprint density at radius 3 is 2.57 bits per heavy atom. The molecule has 5 nitrogen and oxygen atoms in total. The fourth-order valence-corrected chi connectivity index (χ4v) is 5.16. The number of ether oxygens (including phenoxy) is 1. The van der Waals surface area contributed by atoms with E-state index in [9.17, 15) is 17.6 Å². The lowest BCUT2D eigenvalue weighted by atomic mass is 10.1. The molecule has 1 heterocycles. The van der Waals surface area contributed by atoms with Gasteiger partial charge in [-0.2, -0.15) is 0 Å². The zero-order valence-electron chi connectivity index (χ0n) is 15.3. The molecule has 1 aliphatic rings. The molecule has 150 valence electrons. The molecule has 1 fully saturated rings. The topological polar surface area (TPSA) is 63.7 Å². The van der Waals surface area contributed by atoms with Crippen LogP contribution in [0.25, 0.3) is 0 Å². The van der Waals surface area contributed by atoms with Gasteiger partial charge in [-0.15, -0.1) is 0 Å². The fourth-order valence-electron chi connectivity index (χ4n) is 3.23. The molecule has 2 aromatic carbocycles. The monoisotopic (exact) mass is 425 g/mol. The number of hydrogen-bond donors (Lipinski definition) is 0. The van der Waals surface area contributed by atoms with Gasteiger partial charge in [0.15, 0.2) is 27.5 Å². The molecule has 3 rings (SSSR count). The quantitative estimate of drug-likeness (QED) is 0.711. The SMILES string of the molecule is C[C@@H](Oc1ccccc1F)C(=O)N(Cc1ccccc1Cl)[C@H]1CCS(=O)(=O)C1. The van der Waals surface area contributed by atoms with Gasteiger partial charge in [-0.3, -0.25) is 4.79 Å². The number of carbonyl (C=O) groups is 1. The summed E-state index contributed by atoms with van der Waals surface area (Å²) in [5, 5.41) is 0.490. The lowest BCUT2D eigenvalue weighted by molar-refractivity contribution is -0.140. The summed E-state index contributed by atoms with van der Waals surface area (Å²) in [6.07, 6.45) is -0.631. The lowest BCUT2D eigenvalue weighted by Gasteiger charge is -2.31. The predicted molar refractivity (Wildman–Crippen MR) is 106 cm³/mol. The molecule has 0 aliphatic carbocycles. The number of sulfone groups is 1. The van der Waals surface area contributed by atoms with Gasteiger partial charge in [-0.1, -0.05) is 41.9 Å². The van der Waals surface area contributed by atoms with Gasteiger partial charge in [0.2, 0.25) is 0 Å². The number of rotatable bonds is 6. The summed E-state index contributed by atoms with van der Waals surface area (Å²) in [6, 6.07) is 12.4. The highest BCUT2D eigenvalue weighted by Gasteiger charge is 2.37. The molecule has 0 aromatic heterocycles. The number of hydrogen-bond acceptors (Lipinski definition) is 4. The van der Waals surface area contributed by atoms with Gasteiger partial charge in [-0.25, -0.2) is 12.8 Å². The smallest absolute Gasteiger partial charge is 0.263 e. The lowest BCUT2D eigenvalue weighted by Crippen LogP contribution is -2.46. The average molecular weight is 426 g/mol. The first-order valence-electron chi connectivity index (χ1n) is 8.92. The molecule has 0 unspecified atom stereocenters. The number of amides is 1. The first-order valence-corrected chi connectivity index (χ1v) is 11.1. The number of halogens is 2.